The molecule has 0 spiro atoms. The summed E-state index contributed by atoms with van der Waals surface area (Å²) in [4.78, 5) is 41.5. The van der Waals surface area contributed by atoms with Crippen molar-refractivity contribution in [2.75, 3.05) is 6.54 Å². The lowest BCUT2D eigenvalue weighted by molar-refractivity contribution is -0.278. The molecular weight excluding hydrogens is 396 g/mol. The molecule has 1 aliphatic rings. The van der Waals surface area contributed by atoms with Crippen LogP contribution in [-0.4, -0.2) is 27.8 Å². The Hall–Kier alpha value is -4.17. The van der Waals surface area contributed by atoms with Crippen LogP contribution in [0.5, 0.6) is 5.88 Å². The molecular formula is C23H21N4O4-. The summed E-state index contributed by atoms with van der Waals surface area (Å²) in [5.41, 5.74) is 0.463. The van der Waals surface area contributed by atoms with Crippen LogP contribution < -0.4 is 10.7 Å². The van der Waals surface area contributed by atoms with Gasteiger partial charge in [-0.05, 0) is 50.8 Å². The topological polar surface area (TPSA) is 111 Å². The summed E-state index contributed by atoms with van der Waals surface area (Å²) in [6.07, 6.45) is 7.68. The fourth-order valence-corrected chi connectivity index (χ4v) is 3.24. The van der Waals surface area contributed by atoms with Gasteiger partial charge in [0.05, 0.1) is 6.57 Å². The van der Waals surface area contributed by atoms with E-state index in [1.165, 1.54) is 12.2 Å². The van der Waals surface area contributed by atoms with Gasteiger partial charge in [0.2, 0.25) is 0 Å². The molecule has 8 heteroatoms. The van der Waals surface area contributed by atoms with Gasteiger partial charge in [-0.1, -0.05) is 24.3 Å². The predicted molar refractivity (Wildman–Crippen MR) is 114 cm³/mol. The van der Waals surface area contributed by atoms with Crippen molar-refractivity contribution >= 4 is 23.6 Å². The molecule has 0 saturated heterocycles. The van der Waals surface area contributed by atoms with Crippen molar-refractivity contribution in [2.24, 2.45) is 0 Å². The van der Waals surface area contributed by atoms with Crippen LogP contribution in [0.25, 0.3) is 10.9 Å². The molecule has 1 aromatic rings. The van der Waals surface area contributed by atoms with E-state index in [0.29, 0.717) is 11.1 Å². The van der Waals surface area contributed by atoms with Crippen LogP contribution in [-0.2, 0) is 16.1 Å². The van der Waals surface area contributed by atoms with Crippen LogP contribution in [0.15, 0.2) is 45.8 Å². The summed E-state index contributed by atoms with van der Waals surface area (Å²) in [5.74, 6) is -1.68. The van der Waals surface area contributed by atoms with E-state index in [1.807, 2.05) is 6.07 Å². The maximum atomic E-state index is 12.5. The van der Waals surface area contributed by atoms with Gasteiger partial charge in [0.1, 0.15) is 11.6 Å². The van der Waals surface area contributed by atoms with E-state index in [-0.39, 0.29) is 35.5 Å². The predicted octanol–water partition coefficient (Wildman–Crippen LogP) is 2.53. The van der Waals surface area contributed by atoms with Crippen LogP contribution in [0.2, 0.25) is 0 Å². The zero-order valence-corrected chi connectivity index (χ0v) is 17.7. The average molecular weight is 417 g/mol. The van der Waals surface area contributed by atoms with Gasteiger partial charge in [0.25, 0.3) is 17.4 Å². The molecule has 0 aromatic carbocycles. The minimum Gasteiger partial charge on any atom is -0.869 e. The number of allylic oxidation sites excluding steroid dienone is 4. The van der Waals surface area contributed by atoms with Crippen molar-refractivity contribution in [2.45, 2.75) is 34.2 Å². The fraction of sp³-hybridized carbons (Fsp3) is 0.261. The van der Waals surface area contributed by atoms with E-state index in [0.717, 1.165) is 9.47 Å². The summed E-state index contributed by atoms with van der Waals surface area (Å²) >= 11 is 0. The summed E-state index contributed by atoms with van der Waals surface area (Å²) in [6, 6.07) is 1.85. The number of nitriles is 1. The molecule has 0 saturated carbocycles. The second-order valence-electron chi connectivity index (χ2n) is 6.64. The molecule has 0 radical (unpaired) electrons. The van der Waals surface area contributed by atoms with Gasteiger partial charge in [0, 0.05) is 24.2 Å². The number of amides is 2. The zero-order chi connectivity index (χ0) is 23.3. The number of hydrogen-bond donors (Lipinski definition) is 0. The largest absolute Gasteiger partial charge is 0.869 e. The van der Waals surface area contributed by atoms with Crippen molar-refractivity contribution in [3.8, 4) is 11.9 Å². The molecule has 31 heavy (non-hydrogen) atoms. The van der Waals surface area contributed by atoms with E-state index >= 15 is 0 Å². The lowest BCUT2D eigenvalue weighted by atomic mass is 9.95. The van der Waals surface area contributed by atoms with Crippen molar-refractivity contribution < 1.29 is 14.7 Å². The van der Waals surface area contributed by atoms with Crippen LogP contribution in [0, 0.1) is 24.8 Å². The standard InChI is InChI=1S/C23H22N4O4/c1-6-26-20(28)16(14(3)18(13-24)22(26)30)11-9-8-10-12-17-15(4)19(25-5)23(31)27(7-2)21(17)29/h8-12,31H,6-7H2,1-4H3/p-1. The van der Waals surface area contributed by atoms with Gasteiger partial charge in [-0.3, -0.25) is 19.3 Å². The van der Waals surface area contributed by atoms with Crippen LogP contribution in [0.1, 0.15) is 31.9 Å². The molecule has 1 aliphatic heterocycles. The molecule has 2 heterocycles. The van der Waals surface area contributed by atoms with Crippen LogP contribution in [0.4, 0.5) is 5.69 Å². The Morgan fingerprint density at radius 3 is 2.32 bits per heavy atom. The number of aromatic nitrogens is 1. The Kier molecular flexibility index (Phi) is 7.12. The molecule has 2 amide bonds. The monoisotopic (exact) mass is 417 g/mol. The number of imide groups is 1. The molecule has 0 fully saturated rings. The second-order valence-corrected chi connectivity index (χ2v) is 6.64. The number of likely N-dealkylation sites (N-methyl/N-ethyl adjacent to an activating group) is 1. The minimum absolute atomic E-state index is 0.0724. The number of carbonyl (C=O) groups excluding carboxylic acids is 2. The molecule has 0 aliphatic carbocycles. The molecule has 0 atom stereocenters. The maximum absolute atomic E-state index is 12.5. The third-order valence-corrected chi connectivity index (χ3v) is 5.00. The first-order valence-corrected chi connectivity index (χ1v) is 9.59. The third kappa shape index (κ3) is 4.10. The fourth-order valence-electron chi connectivity index (χ4n) is 3.24. The summed E-state index contributed by atoms with van der Waals surface area (Å²) in [5, 5.41) is 21.4. The quantitative estimate of drug-likeness (QED) is 0.316. The van der Waals surface area contributed by atoms with Crippen molar-refractivity contribution in [3.63, 3.8) is 0 Å². The first-order valence-electron chi connectivity index (χ1n) is 9.59. The number of rotatable bonds is 5. The Bertz CT molecular complexity index is 1210. The Balaban J connectivity index is 2.43. The summed E-state index contributed by atoms with van der Waals surface area (Å²) in [7, 11) is 0. The molecule has 1 aromatic heterocycles. The normalized spacial score (nSPS) is 15.9. The highest BCUT2D eigenvalue weighted by molar-refractivity contribution is 6.18. The Morgan fingerprint density at radius 2 is 1.77 bits per heavy atom. The highest BCUT2D eigenvalue weighted by atomic mass is 16.3. The van der Waals surface area contributed by atoms with Gasteiger partial charge >= 0.3 is 0 Å². The van der Waals surface area contributed by atoms with E-state index in [9.17, 15) is 24.8 Å². The van der Waals surface area contributed by atoms with Crippen molar-refractivity contribution in [1.82, 2.24) is 9.47 Å². The number of hydrogen-bond acceptors (Lipinski definition) is 5. The Labute approximate surface area is 180 Å². The van der Waals surface area contributed by atoms with Gasteiger partial charge in [-0.15, -0.1) is 0 Å². The third-order valence-electron chi connectivity index (χ3n) is 5.00. The molecule has 8 nitrogen and oxygen atoms in total. The van der Waals surface area contributed by atoms with Crippen molar-refractivity contribution in [3.05, 3.63) is 73.9 Å². The van der Waals surface area contributed by atoms with E-state index in [2.05, 4.69) is 4.85 Å². The second kappa shape index (κ2) is 9.55. The van der Waals surface area contributed by atoms with E-state index < -0.39 is 23.3 Å². The first kappa shape index (κ1) is 23.1. The van der Waals surface area contributed by atoms with Gasteiger partial charge in [-0.2, -0.15) is 5.26 Å². The minimum atomic E-state index is -0.603. The summed E-state index contributed by atoms with van der Waals surface area (Å²) < 4.78 is 1.01. The highest BCUT2D eigenvalue weighted by Gasteiger charge is 2.33. The number of carbonyl (C=O) groups is 2. The Morgan fingerprint density at radius 1 is 1.10 bits per heavy atom. The van der Waals surface area contributed by atoms with Crippen LogP contribution in [0.3, 0.4) is 0 Å². The smallest absolute Gasteiger partial charge is 0.271 e. The zero-order valence-electron chi connectivity index (χ0n) is 17.7. The van der Waals surface area contributed by atoms with Crippen molar-refractivity contribution in [1.29, 1.82) is 5.26 Å². The molecule has 158 valence electrons. The van der Waals surface area contributed by atoms with E-state index in [4.69, 9.17) is 6.57 Å². The molecule has 2 rings (SSSR count). The summed E-state index contributed by atoms with van der Waals surface area (Å²) in [6.45, 7) is 13.9. The lowest BCUT2D eigenvalue weighted by Gasteiger charge is -2.25. The van der Waals surface area contributed by atoms with Gasteiger partial charge in [-0.25, -0.2) is 4.85 Å². The lowest BCUT2D eigenvalue weighted by Crippen LogP contribution is -2.42. The molecule has 0 unspecified atom stereocenters. The van der Waals surface area contributed by atoms with Gasteiger partial charge < -0.3 is 9.67 Å². The van der Waals surface area contributed by atoms with E-state index in [1.54, 1.807) is 45.9 Å². The van der Waals surface area contributed by atoms with Gasteiger partial charge in [0.15, 0.2) is 5.69 Å². The number of nitrogens with zero attached hydrogens (tertiary/aromatic N) is 4. The maximum Gasteiger partial charge on any atom is 0.271 e. The average Bonchev–Trinajstić information content (AvgIpc) is 2.73. The number of pyridine rings is 1. The molecule has 0 N–H and O–H groups in total. The first-order chi connectivity index (χ1) is 14.7. The SMILES string of the molecule is [C-]#[N+]c1c(C)c(C=CC=CC=C2C(=O)N(CC)C(=O)C(C#N)=C2C)c(=O)n(CC)c1[O-]. The highest BCUT2D eigenvalue weighted by Crippen LogP contribution is 2.29. The van der Waals surface area contributed by atoms with Crippen LogP contribution >= 0.6 is 0 Å². The molecule has 0 bridgehead atoms.